The van der Waals surface area contributed by atoms with Crippen LogP contribution in [0, 0.1) is 6.92 Å². The zero-order chi connectivity index (χ0) is 10.9. The van der Waals surface area contributed by atoms with Gasteiger partial charge in [-0.3, -0.25) is 0 Å². The molecule has 0 bridgehead atoms. The standard InChI is InChI=1S/C11H19N3/c1-8-5-6-10(9(12)7-8)14(13)11(2,3)4/h5-7H,12-13H2,1-4H3. The van der Waals surface area contributed by atoms with Crippen LogP contribution in [0.2, 0.25) is 0 Å². The van der Waals surface area contributed by atoms with Crippen LogP contribution in [-0.2, 0) is 0 Å². The monoisotopic (exact) mass is 193 g/mol. The molecule has 3 heteroatoms. The zero-order valence-corrected chi connectivity index (χ0v) is 9.33. The molecule has 0 amide bonds. The Balaban J connectivity index is 3.08. The van der Waals surface area contributed by atoms with Gasteiger partial charge in [0, 0.05) is 5.54 Å². The van der Waals surface area contributed by atoms with E-state index in [4.69, 9.17) is 11.6 Å². The van der Waals surface area contributed by atoms with E-state index in [9.17, 15) is 0 Å². The second kappa shape index (κ2) is 3.50. The highest BCUT2D eigenvalue weighted by atomic mass is 15.4. The molecule has 0 radical (unpaired) electrons. The maximum atomic E-state index is 5.98. The summed E-state index contributed by atoms with van der Waals surface area (Å²) in [5.41, 5.74) is 8.52. The van der Waals surface area contributed by atoms with Crippen molar-refractivity contribution >= 4 is 11.4 Å². The molecule has 0 saturated carbocycles. The molecule has 14 heavy (non-hydrogen) atoms. The Labute approximate surface area is 85.7 Å². The lowest BCUT2D eigenvalue weighted by atomic mass is 10.1. The number of nitrogens with zero attached hydrogens (tertiary/aromatic N) is 1. The summed E-state index contributed by atoms with van der Waals surface area (Å²) >= 11 is 0. The highest BCUT2D eigenvalue weighted by molar-refractivity contribution is 5.68. The van der Waals surface area contributed by atoms with Crippen molar-refractivity contribution in [2.24, 2.45) is 5.84 Å². The zero-order valence-electron chi connectivity index (χ0n) is 9.33. The van der Waals surface area contributed by atoms with Crippen LogP contribution in [0.1, 0.15) is 26.3 Å². The van der Waals surface area contributed by atoms with E-state index >= 15 is 0 Å². The van der Waals surface area contributed by atoms with Gasteiger partial charge in [0.15, 0.2) is 0 Å². The summed E-state index contributed by atoms with van der Waals surface area (Å²) in [4.78, 5) is 0. The van der Waals surface area contributed by atoms with Gasteiger partial charge in [0.05, 0.1) is 11.4 Å². The second-order valence-corrected chi connectivity index (χ2v) is 4.60. The van der Waals surface area contributed by atoms with Crippen LogP contribution >= 0.6 is 0 Å². The number of hydrogen-bond acceptors (Lipinski definition) is 3. The second-order valence-electron chi connectivity index (χ2n) is 4.60. The third kappa shape index (κ3) is 2.17. The van der Waals surface area contributed by atoms with Gasteiger partial charge in [-0.25, -0.2) is 5.84 Å². The Morgan fingerprint density at radius 1 is 1.21 bits per heavy atom. The summed E-state index contributed by atoms with van der Waals surface area (Å²) in [5.74, 6) is 5.98. The quantitative estimate of drug-likeness (QED) is 0.408. The normalized spacial score (nSPS) is 11.5. The summed E-state index contributed by atoms with van der Waals surface area (Å²) in [5, 5.41) is 1.70. The van der Waals surface area contributed by atoms with E-state index in [0.29, 0.717) is 0 Å². The van der Waals surface area contributed by atoms with Crippen LogP contribution in [0.15, 0.2) is 18.2 Å². The van der Waals surface area contributed by atoms with Crippen LogP contribution in [0.4, 0.5) is 11.4 Å². The molecule has 0 aliphatic carbocycles. The molecule has 0 fully saturated rings. The van der Waals surface area contributed by atoms with Crippen molar-refractivity contribution in [1.29, 1.82) is 0 Å². The van der Waals surface area contributed by atoms with Crippen molar-refractivity contribution < 1.29 is 0 Å². The Kier molecular flexibility index (Phi) is 2.71. The van der Waals surface area contributed by atoms with Crippen LogP contribution in [-0.4, -0.2) is 5.54 Å². The van der Waals surface area contributed by atoms with Gasteiger partial charge in [-0.2, -0.15) is 0 Å². The topological polar surface area (TPSA) is 55.3 Å². The number of rotatable bonds is 1. The van der Waals surface area contributed by atoms with Gasteiger partial charge in [-0.1, -0.05) is 6.07 Å². The van der Waals surface area contributed by atoms with E-state index in [0.717, 1.165) is 16.9 Å². The highest BCUT2D eigenvalue weighted by Crippen LogP contribution is 2.26. The molecule has 78 valence electrons. The number of benzene rings is 1. The van der Waals surface area contributed by atoms with Crippen molar-refractivity contribution in [1.82, 2.24) is 0 Å². The Morgan fingerprint density at radius 2 is 1.79 bits per heavy atom. The minimum atomic E-state index is -0.122. The van der Waals surface area contributed by atoms with Crippen molar-refractivity contribution in [2.45, 2.75) is 33.2 Å². The molecule has 0 aromatic heterocycles. The minimum absolute atomic E-state index is 0.122. The molecule has 0 spiro atoms. The van der Waals surface area contributed by atoms with Crippen LogP contribution < -0.4 is 16.6 Å². The van der Waals surface area contributed by atoms with Gasteiger partial charge >= 0.3 is 0 Å². The third-order valence-corrected chi connectivity index (χ3v) is 2.17. The third-order valence-electron chi connectivity index (χ3n) is 2.17. The predicted octanol–water partition coefficient (Wildman–Crippen LogP) is 2.06. The molecule has 0 unspecified atom stereocenters. The van der Waals surface area contributed by atoms with Crippen molar-refractivity contribution in [3.8, 4) is 0 Å². The maximum Gasteiger partial charge on any atom is 0.0752 e. The predicted molar refractivity (Wildman–Crippen MR) is 62.0 cm³/mol. The first-order chi connectivity index (χ1) is 6.32. The van der Waals surface area contributed by atoms with E-state index in [1.54, 1.807) is 5.01 Å². The Morgan fingerprint density at radius 3 is 2.21 bits per heavy atom. The van der Waals surface area contributed by atoms with E-state index in [-0.39, 0.29) is 5.54 Å². The first-order valence-electron chi connectivity index (χ1n) is 4.73. The van der Waals surface area contributed by atoms with Crippen LogP contribution in [0.5, 0.6) is 0 Å². The number of aryl methyl sites for hydroxylation is 1. The molecule has 1 aromatic carbocycles. The molecule has 0 atom stereocenters. The number of nitrogen functional groups attached to an aromatic ring is 1. The first-order valence-corrected chi connectivity index (χ1v) is 4.73. The largest absolute Gasteiger partial charge is 0.397 e. The molecule has 4 N–H and O–H groups in total. The molecule has 0 saturated heterocycles. The fourth-order valence-corrected chi connectivity index (χ4v) is 1.25. The molecule has 1 rings (SSSR count). The maximum absolute atomic E-state index is 5.98. The SMILES string of the molecule is Cc1ccc(N(N)C(C)(C)C)c(N)c1. The minimum Gasteiger partial charge on any atom is -0.397 e. The highest BCUT2D eigenvalue weighted by Gasteiger charge is 2.19. The van der Waals surface area contributed by atoms with Crippen molar-refractivity contribution in [3.05, 3.63) is 23.8 Å². The molecular weight excluding hydrogens is 174 g/mol. The van der Waals surface area contributed by atoms with E-state index in [1.807, 2.05) is 45.9 Å². The Hall–Kier alpha value is -1.22. The summed E-state index contributed by atoms with van der Waals surface area (Å²) in [6.07, 6.45) is 0. The summed E-state index contributed by atoms with van der Waals surface area (Å²) in [6.45, 7) is 8.16. The molecule has 0 heterocycles. The molecule has 1 aromatic rings. The van der Waals surface area contributed by atoms with E-state index < -0.39 is 0 Å². The number of hydrogen-bond donors (Lipinski definition) is 2. The van der Waals surface area contributed by atoms with E-state index in [1.165, 1.54) is 0 Å². The summed E-state index contributed by atoms with van der Waals surface area (Å²) in [6, 6.07) is 5.90. The molecular formula is C11H19N3. The first kappa shape index (κ1) is 10.9. The van der Waals surface area contributed by atoms with Gasteiger partial charge < -0.3 is 10.7 Å². The number of nitrogens with two attached hydrogens (primary N) is 2. The van der Waals surface area contributed by atoms with Gasteiger partial charge in [-0.15, -0.1) is 0 Å². The fourth-order valence-electron chi connectivity index (χ4n) is 1.25. The lowest BCUT2D eigenvalue weighted by Crippen LogP contribution is -2.47. The molecule has 0 aliphatic rings. The Bertz CT molecular complexity index is 326. The van der Waals surface area contributed by atoms with Crippen LogP contribution in [0.3, 0.4) is 0 Å². The van der Waals surface area contributed by atoms with Gasteiger partial charge in [0.2, 0.25) is 0 Å². The summed E-state index contributed by atoms with van der Waals surface area (Å²) < 4.78 is 0. The van der Waals surface area contributed by atoms with E-state index in [2.05, 4.69) is 0 Å². The average molecular weight is 193 g/mol. The fraction of sp³-hybridized carbons (Fsp3) is 0.455. The van der Waals surface area contributed by atoms with Crippen molar-refractivity contribution in [2.75, 3.05) is 10.7 Å². The van der Waals surface area contributed by atoms with Crippen LogP contribution in [0.25, 0.3) is 0 Å². The lowest BCUT2D eigenvalue weighted by Gasteiger charge is -2.33. The van der Waals surface area contributed by atoms with Gasteiger partial charge in [0.25, 0.3) is 0 Å². The average Bonchev–Trinajstić information content (AvgIpc) is 2.01. The molecule has 0 aliphatic heterocycles. The molecule has 3 nitrogen and oxygen atoms in total. The number of hydrazine groups is 1. The van der Waals surface area contributed by atoms with Gasteiger partial charge in [0.1, 0.15) is 0 Å². The summed E-state index contributed by atoms with van der Waals surface area (Å²) in [7, 11) is 0. The van der Waals surface area contributed by atoms with Gasteiger partial charge in [-0.05, 0) is 45.4 Å². The lowest BCUT2D eigenvalue weighted by molar-refractivity contribution is 0.514. The smallest absolute Gasteiger partial charge is 0.0752 e. The number of anilines is 2. The van der Waals surface area contributed by atoms with Crippen molar-refractivity contribution in [3.63, 3.8) is 0 Å².